The minimum Gasteiger partial charge on any atom is -0.496 e. The number of rotatable bonds is 5. The van der Waals surface area contributed by atoms with Gasteiger partial charge in [-0.2, -0.15) is 0 Å². The highest BCUT2D eigenvalue weighted by atomic mass is 79.9. The van der Waals surface area contributed by atoms with Crippen LogP contribution in [0.25, 0.3) is 0 Å². The van der Waals surface area contributed by atoms with E-state index in [0.29, 0.717) is 11.9 Å². The molecule has 1 aromatic carbocycles. The van der Waals surface area contributed by atoms with Gasteiger partial charge in [-0.3, -0.25) is 4.79 Å². The summed E-state index contributed by atoms with van der Waals surface area (Å²) in [5.41, 5.74) is 1.96. The number of ether oxygens (including phenoxy) is 2. The van der Waals surface area contributed by atoms with Crippen LogP contribution in [0, 0.1) is 0 Å². The summed E-state index contributed by atoms with van der Waals surface area (Å²) in [4.78, 5) is 11.5. The molecule has 0 bridgehead atoms. The number of carbonyl (C=O) groups is 1. The maximum atomic E-state index is 11.5. The van der Waals surface area contributed by atoms with Gasteiger partial charge in [0.2, 0.25) is 0 Å². The summed E-state index contributed by atoms with van der Waals surface area (Å²) in [6.07, 6.45) is 0.275. The number of alkyl halides is 1. The van der Waals surface area contributed by atoms with E-state index in [9.17, 15) is 4.79 Å². The monoisotopic (exact) mass is 364 g/mol. The molecule has 0 radical (unpaired) electrons. The van der Waals surface area contributed by atoms with E-state index < -0.39 is 0 Å². The van der Waals surface area contributed by atoms with Crippen molar-refractivity contribution < 1.29 is 14.3 Å². The summed E-state index contributed by atoms with van der Waals surface area (Å²) >= 11 is 6.81. The van der Waals surface area contributed by atoms with E-state index in [1.165, 1.54) is 0 Å². The summed E-state index contributed by atoms with van der Waals surface area (Å²) in [6.45, 7) is 2.20. The van der Waals surface area contributed by atoms with Gasteiger partial charge < -0.3 is 9.47 Å². The number of halogens is 2. The van der Waals surface area contributed by atoms with Crippen molar-refractivity contribution in [3.63, 3.8) is 0 Å². The van der Waals surface area contributed by atoms with Gasteiger partial charge in [-0.05, 0) is 46.1 Å². The Balaban J connectivity index is 2.98. The number of methoxy groups -OCH3 is 1. The number of hydrogen-bond donors (Lipinski definition) is 0. The smallest absolute Gasteiger partial charge is 0.310 e. The minimum atomic E-state index is -0.216. The average molecular weight is 366 g/mol. The Morgan fingerprint density at radius 1 is 1.35 bits per heavy atom. The average Bonchev–Trinajstić information content (AvgIpc) is 2.29. The minimum absolute atomic E-state index is 0.216. The third-order valence-corrected chi connectivity index (χ3v) is 3.48. The molecule has 0 aliphatic carbocycles. The zero-order valence-corrected chi connectivity index (χ0v) is 12.9. The van der Waals surface area contributed by atoms with E-state index >= 15 is 0 Å². The molecule has 0 aromatic heterocycles. The van der Waals surface area contributed by atoms with Crippen molar-refractivity contribution in [1.82, 2.24) is 0 Å². The molecule has 1 aromatic rings. The predicted octanol–water partition coefficient (Wildman–Crippen LogP) is 3.46. The van der Waals surface area contributed by atoms with Crippen LogP contribution in [0.15, 0.2) is 16.6 Å². The lowest BCUT2D eigenvalue weighted by atomic mass is 10.1. The van der Waals surface area contributed by atoms with Gasteiger partial charge in [0, 0.05) is 5.33 Å². The Morgan fingerprint density at radius 3 is 2.59 bits per heavy atom. The molecular formula is C12H14Br2O3. The number of benzene rings is 1. The zero-order valence-electron chi connectivity index (χ0n) is 9.76. The second kappa shape index (κ2) is 7.01. The van der Waals surface area contributed by atoms with Crippen molar-refractivity contribution in [1.29, 1.82) is 0 Å². The van der Waals surface area contributed by atoms with Gasteiger partial charge in [0.1, 0.15) is 5.75 Å². The van der Waals surface area contributed by atoms with E-state index in [4.69, 9.17) is 9.47 Å². The van der Waals surface area contributed by atoms with E-state index in [0.717, 1.165) is 21.3 Å². The van der Waals surface area contributed by atoms with E-state index in [2.05, 4.69) is 31.9 Å². The molecule has 0 amide bonds. The Morgan fingerprint density at radius 2 is 2.06 bits per heavy atom. The van der Waals surface area contributed by atoms with Crippen molar-refractivity contribution in [3.05, 3.63) is 27.7 Å². The van der Waals surface area contributed by atoms with Gasteiger partial charge >= 0.3 is 5.97 Å². The zero-order chi connectivity index (χ0) is 12.8. The normalized spacial score (nSPS) is 10.1. The van der Waals surface area contributed by atoms with Crippen LogP contribution in [0.3, 0.4) is 0 Å². The first-order valence-electron chi connectivity index (χ1n) is 5.19. The molecule has 0 aliphatic heterocycles. The van der Waals surface area contributed by atoms with Gasteiger partial charge in [-0.15, -0.1) is 0 Å². The molecule has 0 aliphatic rings. The maximum absolute atomic E-state index is 11.5. The van der Waals surface area contributed by atoms with Crippen molar-refractivity contribution in [2.24, 2.45) is 0 Å². The number of hydrogen-bond acceptors (Lipinski definition) is 3. The third-order valence-electron chi connectivity index (χ3n) is 2.26. The molecule has 0 heterocycles. The quantitative estimate of drug-likeness (QED) is 0.592. The molecule has 1 rings (SSSR count). The molecule has 0 saturated carbocycles. The lowest BCUT2D eigenvalue weighted by molar-refractivity contribution is -0.142. The Hall–Kier alpha value is -0.550. The fraction of sp³-hybridized carbons (Fsp3) is 0.417. The summed E-state index contributed by atoms with van der Waals surface area (Å²) in [5.74, 6) is 0.541. The number of carbonyl (C=O) groups excluding carboxylic acids is 1. The topological polar surface area (TPSA) is 35.5 Å². The van der Waals surface area contributed by atoms with Crippen LogP contribution in [-0.4, -0.2) is 19.7 Å². The molecule has 0 spiro atoms. The highest BCUT2D eigenvalue weighted by Crippen LogP contribution is 2.30. The van der Waals surface area contributed by atoms with E-state index in [1.54, 1.807) is 14.0 Å². The predicted molar refractivity (Wildman–Crippen MR) is 73.7 cm³/mol. The first kappa shape index (κ1) is 14.5. The van der Waals surface area contributed by atoms with Crippen molar-refractivity contribution in [2.75, 3.05) is 13.7 Å². The molecule has 0 atom stereocenters. The third kappa shape index (κ3) is 4.00. The van der Waals surface area contributed by atoms with Crippen LogP contribution in [0.5, 0.6) is 5.75 Å². The van der Waals surface area contributed by atoms with Crippen molar-refractivity contribution >= 4 is 37.8 Å². The molecule has 5 heteroatoms. The first-order chi connectivity index (χ1) is 8.12. The largest absolute Gasteiger partial charge is 0.496 e. The van der Waals surface area contributed by atoms with Crippen molar-refractivity contribution in [3.8, 4) is 5.75 Å². The molecule has 0 fully saturated rings. The van der Waals surface area contributed by atoms with Gasteiger partial charge in [-0.1, -0.05) is 15.9 Å². The molecule has 0 saturated heterocycles. The molecule has 0 unspecified atom stereocenters. The molecular weight excluding hydrogens is 352 g/mol. The molecule has 17 heavy (non-hydrogen) atoms. The summed E-state index contributed by atoms with van der Waals surface area (Å²) in [6, 6.07) is 3.81. The Bertz CT molecular complexity index is 405. The van der Waals surface area contributed by atoms with Crippen LogP contribution in [0.2, 0.25) is 0 Å². The van der Waals surface area contributed by atoms with Gasteiger partial charge in [0.05, 0.1) is 24.6 Å². The lowest BCUT2D eigenvalue weighted by Gasteiger charge is -2.11. The lowest BCUT2D eigenvalue weighted by Crippen LogP contribution is -2.09. The van der Waals surface area contributed by atoms with E-state index in [1.807, 2.05) is 12.1 Å². The second-order valence-electron chi connectivity index (χ2n) is 3.37. The summed E-state index contributed by atoms with van der Waals surface area (Å²) < 4.78 is 11.0. The van der Waals surface area contributed by atoms with E-state index in [-0.39, 0.29) is 12.4 Å². The van der Waals surface area contributed by atoms with Crippen LogP contribution >= 0.6 is 31.9 Å². The maximum Gasteiger partial charge on any atom is 0.310 e. The standard InChI is InChI=1S/C12H14Br2O3/c1-3-17-12(15)6-8-4-10(14)11(16-2)5-9(8)7-13/h4-5H,3,6-7H2,1-2H3. The molecule has 94 valence electrons. The fourth-order valence-corrected chi connectivity index (χ4v) is 2.52. The number of esters is 1. The van der Waals surface area contributed by atoms with Crippen LogP contribution in [-0.2, 0) is 21.3 Å². The summed E-state index contributed by atoms with van der Waals surface area (Å²) in [5, 5.41) is 0.672. The second-order valence-corrected chi connectivity index (χ2v) is 4.79. The van der Waals surface area contributed by atoms with Crippen molar-refractivity contribution in [2.45, 2.75) is 18.7 Å². The Kier molecular flexibility index (Phi) is 5.98. The highest BCUT2D eigenvalue weighted by Gasteiger charge is 2.12. The van der Waals surface area contributed by atoms with Crippen LogP contribution < -0.4 is 4.74 Å². The van der Waals surface area contributed by atoms with Gasteiger partial charge in [-0.25, -0.2) is 0 Å². The Labute approximate surface area is 118 Å². The van der Waals surface area contributed by atoms with Crippen LogP contribution in [0.1, 0.15) is 18.1 Å². The fourth-order valence-electron chi connectivity index (χ4n) is 1.45. The summed E-state index contributed by atoms with van der Waals surface area (Å²) in [7, 11) is 1.61. The molecule has 3 nitrogen and oxygen atoms in total. The molecule has 0 N–H and O–H groups in total. The highest BCUT2D eigenvalue weighted by molar-refractivity contribution is 9.10. The van der Waals surface area contributed by atoms with Gasteiger partial charge in [0.15, 0.2) is 0 Å². The van der Waals surface area contributed by atoms with Crippen LogP contribution in [0.4, 0.5) is 0 Å². The SMILES string of the molecule is CCOC(=O)Cc1cc(Br)c(OC)cc1CBr. The van der Waals surface area contributed by atoms with Gasteiger partial charge in [0.25, 0.3) is 0 Å². The first-order valence-corrected chi connectivity index (χ1v) is 7.10.